The van der Waals surface area contributed by atoms with Crippen molar-refractivity contribution in [3.8, 4) is 5.75 Å². The van der Waals surface area contributed by atoms with E-state index >= 15 is 0 Å². The highest BCUT2D eigenvalue weighted by Crippen LogP contribution is 2.21. The number of ether oxygens (including phenoxy) is 1. The zero-order valence-corrected chi connectivity index (χ0v) is 13.8. The van der Waals surface area contributed by atoms with Crippen LogP contribution in [0.2, 0.25) is 0 Å². The zero-order valence-electron chi connectivity index (χ0n) is 13.8. The Bertz CT molecular complexity index is 987. The third kappa shape index (κ3) is 2.73. The molecule has 0 atom stereocenters. The quantitative estimate of drug-likeness (QED) is 0.536. The van der Waals surface area contributed by atoms with Crippen LogP contribution in [0.4, 0.5) is 0 Å². The molecule has 0 amide bonds. The van der Waals surface area contributed by atoms with Gasteiger partial charge in [-0.15, -0.1) is 0 Å². The highest BCUT2D eigenvalue weighted by Gasteiger charge is 2.17. The van der Waals surface area contributed by atoms with Gasteiger partial charge in [-0.25, -0.2) is 9.55 Å². The molecule has 0 saturated heterocycles. The summed E-state index contributed by atoms with van der Waals surface area (Å²) >= 11 is 0. The van der Waals surface area contributed by atoms with Crippen molar-refractivity contribution in [1.82, 2.24) is 4.98 Å². The van der Waals surface area contributed by atoms with Crippen LogP contribution in [0.25, 0.3) is 21.8 Å². The number of H-pyrrole nitrogens is 1. The first-order valence-corrected chi connectivity index (χ1v) is 8.46. The normalized spacial score (nSPS) is 11.2. The molecule has 1 N–H and O–H groups in total. The smallest absolute Gasteiger partial charge is 0.293 e. The number of rotatable bonds is 5. The van der Waals surface area contributed by atoms with Crippen LogP contribution in [0.1, 0.15) is 19.2 Å². The maximum absolute atomic E-state index is 6.06. The Morgan fingerprint density at radius 3 is 2.58 bits per heavy atom. The zero-order chi connectivity index (χ0) is 16.4. The summed E-state index contributed by atoms with van der Waals surface area (Å²) in [6.07, 6.45) is 1.09. The molecule has 1 aromatic heterocycles. The fraction of sp³-hybridized carbons (Fsp3) is 0.190. The van der Waals surface area contributed by atoms with Gasteiger partial charge >= 0.3 is 0 Å². The molecule has 0 aliphatic carbocycles. The van der Waals surface area contributed by atoms with E-state index in [1.54, 1.807) is 0 Å². The van der Waals surface area contributed by atoms with Crippen molar-refractivity contribution in [1.29, 1.82) is 0 Å². The van der Waals surface area contributed by atoms with Crippen LogP contribution < -0.4 is 9.30 Å². The lowest BCUT2D eigenvalue weighted by atomic mass is 10.1. The number of fused-ring (bicyclic) bond motifs is 2. The SMILES string of the molecule is CCC[n+]1c(COc2ccc3ccccc3c2)[nH]c2ccccc21. The molecule has 0 fully saturated rings. The minimum Gasteiger partial charge on any atom is -0.481 e. The molecular formula is C21H21N2O+. The van der Waals surface area contributed by atoms with Crippen molar-refractivity contribution in [3.63, 3.8) is 0 Å². The van der Waals surface area contributed by atoms with Gasteiger partial charge in [0.15, 0.2) is 17.6 Å². The summed E-state index contributed by atoms with van der Waals surface area (Å²) in [4.78, 5) is 3.49. The van der Waals surface area contributed by atoms with Crippen molar-refractivity contribution < 1.29 is 9.30 Å². The molecular weight excluding hydrogens is 296 g/mol. The van der Waals surface area contributed by atoms with Crippen LogP contribution in [-0.2, 0) is 13.2 Å². The molecule has 4 aromatic rings. The molecule has 24 heavy (non-hydrogen) atoms. The summed E-state index contributed by atoms with van der Waals surface area (Å²) < 4.78 is 8.38. The topological polar surface area (TPSA) is 28.9 Å². The van der Waals surface area contributed by atoms with E-state index in [0.29, 0.717) is 6.61 Å². The second-order valence-electron chi connectivity index (χ2n) is 6.04. The van der Waals surface area contributed by atoms with Gasteiger partial charge in [0.05, 0.1) is 6.54 Å². The predicted molar refractivity (Wildman–Crippen MR) is 97.1 cm³/mol. The van der Waals surface area contributed by atoms with Crippen molar-refractivity contribution in [2.75, 3.05) is 0 Å². The maximum Gasteiger partial charge on any atom is 0.293 e. The minimum atomic E-state index is 0.535. The molecule has 4 rings (SSSR count). The Morgan fingerprint density at radius 1 is 0.917 bits per heavy atom. The number of aromatic amines is 1. The summed E-state index contributed by atoms with van der Waals surface area (Å²) in [7, 11) is 0. The first kappa shape index (κ1) is 14.8. The Hall–Kier alpha value is -2.81. The Kier molecular flexibility index (Phi) is 3.91. The molecule has 1 heterocycles. The Balaban J connectivity index is 1.62. The van der Waals surface area contributed by atoms with Crippen LogP contribution in [0.15, 0.2) is 66.7 Å². The summed E-state index contributed by atoms with van der Waals surface area (Å²) in [5.41, 5.74) is 2.39. The number of benzene rings is 3. The molecule has 3 aromatic carbocycles. The Labute approximate surface area is 141 Å². The van der Waals surface area contributed by atoms with E-state index < -0.39 is 0 Å². The van der Waals surface area contributed by atoms with E-state index in [1.165, 1.54) is 16.3 Å². The second kappa shape index (κ2) is 6.36. The molecule has 3 heteroatoms. The molecule has 0 saturated carbocycles. The van der Waals surface area contributed by atoms with Gasteiger partial charge in [-0.2, -0.15) is 0 Å². The molecule has 0 spiro atoms. The highest BCUT2D eigenvalue weighted by molar-refractivity contribution is 5.83. The molecule has 0 aliphatic rings. The number of aryl methyl sites for hydroxylation is 1. The maximum atomic E-state index is 6.06. The standard InChI is InChI=1S/C21H20N2O/c1-2-13-23-20-10-6-5-9-19(20)22-21(23)15-24-18-12-11-16-7-3-4-8-17(16)14-18/h3-12,14H,2,13,15H2,1H3/p+1. The van der Waals surface area contributed by atoms with E-state index in [4.69, 9.17) is 4.74 Å². The second-order valence-corrected chi connectivity index (χ2v) is 6.04. The Morgan fingerprint density at radius 2 is 1.71 bits per heavy atom. The first-order valence-electron chi connectivity index (χ1n) is 8.46. The van der Waals surface area contributed by atoms with Crippen LogP contribution >= 0.6 is 0 Å². The molecule has 3 nitrogen and oxygen atoms in total. The van der Waals surface area contributed by atoms with Gasteiger partial charge in [0, 0.05) is 0 Å². The monoisotopic (exact) mass is 317 g/mol. The molecule has 0 aliphatic heterocycles. The van der Waals surface area contributed by atoms with Gasteiger partial charge in [0.2, 0.25) is 0 Å². The average Bonchev–Trinajstić information content (AvgIpc) is 2.98. The van der Waals surface area contributed by atoms with Gasteiger partial charge in [0.25, 0.3) is 5.82 Å². The number of aromatic nitrogens is 2. The average molecular weight is 317 g/mol. The van der Waals surface area contributed by atoms with E-state index in [2.05, 4.69) is 77.1 Å². The van der Waals surface area contributed by atoms with Crippen molar-refractivity contribution in [2.24, 2.45) is 0 Å². The molecule has 0 bridgehead atoms. The van der Waals surface area contributed by atoms with Gasteiger partial charge < -0.3 is 4.74 Å². The minimum absolute atomic E-state index is 0.535. The number of nitrogens with one attached hydrogen (secondary N) is 1. The number of para-hydroxylation sites is 2. The largest absolute Gasteiger partial charge is 0.481 e. The number of nitrogens with zero attached hydrogens (tertiary/aromatic N) is 1. The van der Waals surface area contributed by atoms with E-state index in [9.17, 15) is 0 Å². The molecule has 0 radical (unpaired) electrons. The van der Waals surface area contributed by atoms with Crippen LogP contribution in [0, 0.1) is 0 Å². The van der Waals surface area contributed by atoms with Gasteiger partial charge in [-0.05, 0) is 41.5 Å². The first-order chi connectivity index (χ1) is 11.8. The van der Waals surface area contributed by atoms with Gasteiger partial charge in [0.1, 0.15) is 5.75 Å². The van der Waals surface area contributed by atoms with Crippen LogP contribution in [0.3, 0.4) is 0 Å². The van der Waals surface area contributed by atoms with Gasteiger partial charge in [-0.3, -0.25) is 0 Å². The lowest BCUT2D eigenvalue weighted by molar-refractivity contribution is -0.680. The third-order valence-corrected chi connectivity index (χ3v) is 4.34. The summed E-state index contributed by atoms with van der Waals surface area (Å²) in [6.45, 7) is 3.72. The third-order valence-electron chi connectivity index (χ3n) is 4.34. The van der Waals surface area contributed by atoms with Crippen LogP contribution in [-0.4, -0.2) is 4.98 Å². The fourth-order valence-electron chi connectivity index (χ4n) is 3.18. The lowest BCUT2D eigenvalue weighted by Crippen LogP contribution is -2.37. The van der Waals surface area contributed by atoms with E-state index in [-0.39, 0.29) is 0 Å². The number of imidazole rings is 1. The van der Waals surface area contributed by atoms with Gasteiger partial charge in [-0.1, -0.05) is 49.4 Å². The van der Waals surface area contributed by atoms with Crippen LogP contribution in [0.5, 0.6) is 5.75 Å². The predicted octanol–water partition coefficient (Wildman–Crippen LogP) is 4.60. The lowest BCUT2D eigenvalue weighted by Gasteiger charge is -2.06. The van der Waals surface area contributed by atoms with Crippen molar-refractivity contribution >= 4 is 21.8 Å². The highest BCUT2D eigenvalue weighted by atomic mass is 16.5. The van der Waals surface area contributed by atoms with E-state index in [0.717, 1.165) is 30.1 Å². The van der Waals surface area contributed by atoms with E-state index in [1.807, 2.05) is 6.07 Å². The molecule has 0 unspecified atom stereocenters. The number of hydrogen-bond acceptors (Lipinski definition) is 1. The summed E-state index contributed by atoms with van der Waals surface area (Å²) in [5.74, 6) is 2.00. The fourth-order valence-corrected chi connectivity index (χ4v) is 3.18. The van der Waals surface area contributed by atoms with Crippen molar-refractivity contribution in [3.05, 3.63) is 72.6 Å². The molecule has 120 valence electrons. The van der Waals surface area contributed by atoms with Crippen molar-refractivity contribution in [2.45, 2.75) is 26.5 Å². The summed E-state index contributed by atoms with van der Waals surface area (Å²) in [6, 6.07) is 23.0. The summed E-state index contributed by atoms with van der Waals surface area (Å²) in [5, 5.41) is 2.43. The number of hydrogen-bond donors (Lipinski definition) is 1.